The lowest BCUT2D eigenvalue weighted by molar-refractivity contribution is 0.456. The van der Waals surface area contributed by atoms with Crippen molar-refractivity contribution < 1.29 is 4.52 Å². The highest BCUT2D eigenvalue weighted by Crippen LogP contribution is 2.18. The molecule has 2 aromatic rings. The Hall–Kier alpha value is -1.51. The first-order chi connectivity index (χ1) is 6.25. The summed E-state index contributed by atoms with van der Waals surface area (Å²) in [5.41, 5.74) is 1.89. The lowest BCUT2D eigenvalue weighted by Gasteiger charge is -2.08. The number of hydrogen-bond acceptors (Lipinski definition) is 3. The van der Waals surface area contributed by atoms with Crippen molar-refractivity contribution in [3.05, 3.63) is 24.4 Å². The first kappa shape index (κ1) is 8.10. The van der Waals surface area contributed by atoms with E-state index in [1.807, 2.05) is 18.2 Å². The molecule has 68 valence electrons. The minimum absolute atomic E-state index is 0.431. The first-order valence-electron chi connectivity index (χ1n) is 4.36. The number of nitrogens with one attached hydrogen (secondary N) is 1. The van der Waals surface area contributed by atoms with E-state index in [1.54, 1.807) is 6.20 Å². The fourth-order valence-corrected chi connectivity index (χ4v) is 1.28. The summed E-state index contributed by atoms with van der Waals surface area (Å²) < 4.78 is 5.05. The third-order valence-corrected chi connectivity index (χ3v) is 1.81. The molecule has 0 spiro atoms. The Balaban J connectivity index is 2.37. The van der Waals surface area contributed by atoms with Crippen LogP contribution in [0.3, 0.4) is 0 Å². The quantitative estimate of drug-likeness (QED) is 0.764. The molecule has 2 rings (SSSR count). The molecular formula is C10H12N2O. The maximum Gasteiger partial charge on any atom is 0.168 e. The van der Waals surface area contributed by atoms with Crippen LogP contribution in [0.15, 0.2) is 28.9 Å². The molecule has 0 radical (unpaired) electrons. The lowest BCUT2D eigenvalue weighted by Crippen LogP contribution is -2.09. The fraction of sp³-hybridized carbons (Fsp3) is 0.300. The van der Waals surface area contributed by atoms with Gasteiger partial charge in [-0.2, -0.15) is 0 Å². The van der Waals surface area contributed by atoms with Crippen LogP contribution in [0.1, 0.15) is 13.8 Å². The highest BCUT2D eigenvalue weighted by molar-refractivity contribution is 5.79. The standard InChI is InChI=1S/C10H12N2O/c1-7(2)12-9-4-3-8-6-11-13-10(8)5-9/h3-7,12H,1-2H3. The number of benzene rings is 1. The van der Waals surface area contributed by atoms with E-state index in [0.717, 1.165) is 16.7 Å². The maximum absolute atomic E-state index is 5.05. The summed E-state index contributed by atoms with van der Waals surface area (Å²) in [6.45, 7) is 4.20. The molecule has 0 saturated carbocycles. The molecule has 0 fully saturated rings. The summed E-state index contributed by atoms with van der Waals surface area (Å²) in [6.07, 6.45) is 1.72. The summed E-state index contributed by atoms with van der Waals surface area (Å²) in [4.78, 5) is 0. The number of anilines is 1. The van der Waals surface area contributed by atoms with Crippen molar-refractivity contribution in [3.63, 3.8) is 0 Å². The van der Waals surface area contributed by atoms with E-state index < -0.39 is 0 Å². The Labute approximate surface area is 76.7 Å². The molecular weight excluding hydrogens is 164 g/mol. The third kappa shape index (κ3) is 1.64. The predicted molar refractivity (Wildman–Crippen MR) is 52.8 cm³/mol. The number of aromatic nitrogens is 1. The molecule has 0 amide bonds. The Kier molecular flexibility index (Phi) is 1.93. The molecule has 0 aliphatic carbocycles. The summed E-state index contributed by atoms with van der Waals surface area (Å²) >= 11 is 0. The van der Waals surface area contributed by atoms with E-state index in [9.17, 15) is 0 Å². The molecule has 13 heavy (non-hydrogen) atoms. The van der Waals surface area contributed by atoms with Crippen LogP contribution in [0.5, 0.6) is 0 Å². The van der Waals surface area contributed by atoms with Gasteiger partial charge in [0.15, 0.2) is 5.58 Å². The van der Waals surface area contributed by atoms with Crippen LogP contribution < -0.4 is 5.32 Å². The highest BCUT2D eigenvalue weighted by atomic mass is 16.5. The van der Waals surface area contributed by atoms with Crippen LogP contribution in [0.2, 0.25) is 0 Å². The van der Waals surface area contributed by atoms with Gasteiger partial charge in [-0.25, -0.2) is 0 Å². The van der Waals surface area contributed by atoms with Gasteiger partial charge in [-0.15, -0.1) is 0 Å². The van der Waals surface area contributed by atoms with Crippen LogP contribution >= 0.6 is 0 Å². The monoisotopic (exact) mass is 176 g/mol. The van der Waals surface area contributed by atoms with Gasteiger partial charge in [-0.05, 0) is 26.0 Å². The van der Waals surface area contributed by atoms with Crippen LogP contribution in [0, 0.1) is 0 Å². The van der Waals surface area contributed by atoms with E-state index in [4.69, 9.17) is 4.52 Å². The second-order valence-electron chi connectivity index (χ2n) is 3.38. The summed E-state index contributed by atoms with van der Waals surface area (Å²) in [5.74, 6) is 0. The molecule has 0 atom stereocenters. The third-order valence-electron chi connectivity index (χ3n) is 1.81. The Morgan fingerprint density at radius 3 is 3.00 bits per heavy atom. The molecule has 0 saturated heterocycles. The fourth-order valence-electron chi connectivity index (χ4n) is 1.28. The zero-order valence-electron chi connectivity index (χ0n) is 7.74. The smallest absolute Gasteiger partial charge is 0.168 e. The SMILES string of the molecule is CC(C)Nc1ccc2cnoc2c1. The topological polar surface area (TPSA) is 38.1 Å². The van der Waals surface area contributed by atoms with Gasteiger partial charge in [0.25, 0.3) is 0 Å². The maximum atomic E-state index is 5.05. The minimum atomic E-state index is 0.431. The van der Waals surface area contributed by atoms with E-state index in [2.05, 4.69) is 24.3 Å². The van der Waals surface area contributed by atoms with Crippen molar-refractivity contribution in [2.24, 2.45) is 0 Å². The molecule has 0 aliphatic heterocycles. The molecule has 1 heterocycles. The second kappa shape index (κ2) is 3.09. The molecule has 1 N–H and O–H groups in total. The number of hydrogen-bond donors (Lipinski definition) is 1. The minimum Gasteiger partial charge on any atom is -0.383 e. The summed E-state index contributed by atoms with van der Waals surface area (Å²) in [5, 5.41) is 8.05. The highest BCUT2D eigenvalue weighted by Gasteiger charge is 2.00. The molecule has 0 aliphatic rings. The van der Waals surface area contributed by atoms with Crippen molar-refractivity contribution in [2.75, 3.05) is 5.32 Å². The average Bonchev–Trinajstić information content (AvgIpc) is 2.49. The zero-order chi connectivity index (χ0) is 9.26. The Bertz CT molecular complexity index is 406. The molecule has 0 unspecified atom stereocenters. The van der Waals surface area contributed by atoms with Gasteiger partial charge in [0.2, 0.25) is 0 Å². The van der Waals surface area contributed by atoms with E-state index in [1.165, 1.54) is 0 Å². The zero-order valence-corrected chi connectivity index (χ0v) is 7.74. The van der Waals surface area contributed by atoms with Crippen molar-refractivity contribution in [1.29, 1.82) is 0 Å². The van der Waals surface area contributed by atoms with Crippen molar-refractivity contribution in [3.8, 4) is 0 Å². The average molecular weight is 176 g/mol. The van der Waals surface area contributed by atoms with Gasteiger partial charge in [0.1, 0.15) is 0 Å². The first-order valence-corrected chi connectivity index (χ1v) is 4.36. The van der Waals surface area contributed by atoms with E-state index in [0.29, 0.717) is 6.04 Å². The Morgan fingerprint density at radius 1 is 1.38 bits per heavy atom. The van der Waals surface area contributed by atoms with Crippen LogP contribution in [-0.2, 0) is 0 Å². The van der Waals surface area contributed by atoms with E-state index in [-0.39, 0.29) is 0 Å². The summed E-state index contributed by atoms with van der Waals surface area (Å²) in [6, 6.07) is 6.42. The van der Waals surface area contributed by atoms with Gasteiger partial charge in [-0.1, -0.05) is 5.16 Å². The van der Waals surface area contributed by atoms with Gasteiger partial charge < -0.3 is 9.84 Å². The predicted octanol–water partition coefficient (Wildman–Crippen LogP) is 2.65. The lowest BCUT2D eigenvalue weighted by atomic mass is 10.2. The van der Waals surface area contributed by atoms with Crippen LogP contribution in [-0.4, -0.2) is 11.2 Å². The molecule has 0 bridgehead atoms. The van der Waals surface area contributed by atoms with Crippen LogP contribution in [0.25, 0.3) is 11.0 Å². The molecule has 3 nitrogen and oxygen atoms in total. The second-order valence-corrected chi connectivity index (χ2v) is 3.38. The van der Waals surface area contributed by atoms with Crippen molar-refractivity contribution in [2.45, 2.75) is 19.9 Å². The number of fused-ring (bicyclic) bond motifs is 1. The van der Waals surface area contributed by atoms with Crippen molar-refractivity contribution in [1.82, 2.24) is 5.16 Å². The normalized spacial score (nSPS) is 11.0. The van der Waals surface area contributed by atoms with Gasteiger partial charge in [0.05, 0.1) is 6.20 Å². The van der Waals surface area contributed by atoms with Gasteiger partial charge >= 0.3 is 0 Å². The molecule has 3 heteroatoms. The largest absolute Gasteiger partial charge is 0.383 e. The summed E-state index contributed by atoms with van der Waals surface area (Å²) in [7, 11) is 0. The number of rotatable bonds is 2. The van der Waals surface area contributed by atoms with E-state index >= 15 is 0 Å². The molecule has 1 aromatic carbocycles. The Morgan fingerprint density at radius 2 is 2.23 bits per heavy atom. The van der Waals surface area contributed by atoms with Gasteiger partial charge in [0, 0.05) is 23.2 Å². The van der Waals surface area contributed by atoms with Crippen LogP contribution in [0.4, 0.5) is 5.69 Å². The molecule has 1 aromatic heterocycles. The number of nitrogens with zero attached hydrogens (tertiary/aromatic N) is 1. The van der Waals surface area contributed by atoms with Gasteiger partial charge in [-0.3, -0.25) is 0 Å². The van der Waals surface area contributed by atoms with Crippen molar-refractivity contribution >= 4 is 16.7 Å².